The Morgan fingerprint density at radius 1 is 1.44 bits per heavy atom. The number of hydrogen-bond acceptors (Lipinski definition) is 3. The van der Waals surface area contributed by atoms with Crippen molar-refractivity contribution in [2.75, 3.05) is 26.3 Å². The molecule has 0 aliphatic carbocycles. The molecule has 0 saturated carbocycles. The molecule has 96 valence electrons. The van der Waals surface area contributed by atoms with Gasteiger partial charge in [0.25, 0.3) is 0 Å². The number of nitrogens with two attached hydrogens (primary N) is 1. The summed E-state index contributed by atoms with van der Waals surface area (Å²) in [7, 11) is 0. The van der Waals surface area contributed by atoms with Gasteiger partial charge < -0.3 is 15.8 Å². The Hall–Kier alpha value is -0.380. The van der Waals surface area contributed by atoms with Gasteiger partial charge in [-0.3, -0.25) is 0 Å². The van der Waals surface area contributed by atoms with Crippen LogP contribution in [0.4, 0.5) is 0 Å². The minimum atomic E-state index is 0.444. The maximum Gasteiger partial charge on any atom is 0.0672 e. The highest BCUT2D eigenvalue weighted by molar-refractivity contribution is 4.87. The van der Waals surface area contributed by atoms with Crippen LogP contribution in [-0.4, -0.2) is 32.3 Å². The summed E-state index contributed by atoms with van der Waals surface area (Å²) in [6, 6.07) is 0.444. The predicted octanol–water partition coefficient (Wildman–Crippen LogP) is 2.08. The molecule has 0 amide bonds. The minimum absolute atomic E-state index is 0.444. The van der Waals surface area contributed by atoms with Crippen LogP contribution in [0.1, 0.15) is 39.5 Å². The van der Waals surface area contributed by atoms with Gasteiger partial charge in [-0.2, -0.15) is 0 Å². The lowest BCUT2D eigenvalue weighted by Crippen LogP contribution is -2.38. The summed E-state index contributed by atoms with van der Waals surface area (Å²) < 4.78 is 5.41. The van der Waals surface area contributed by atoms with Gasteiger partial charge >= 0.3 is 0 Å². The molecule has 3 heteroatoms. The van der Waals surface area contributed by atoms with E-state index >= 15 is 0 Å². The monoisotopic (exact) mass is 228 g/mol. The van der Waals surface area contributed by atoms with Gasteiger partial charge in [0.05, 0.1) is 13.2 Å². The summed E-state index contributed by atoms with van der Waals surface area (Å²) in [6.07, 6.45) is 4.99. The Labute approximate surface area is 100 Å². The van der Waals surface area contributed by atoms with Crippen LogP contribution in [0, 0.1) is 0 Å². The fraction of sp³-hybridized carbons (Fsp3) is 0.846. The summed E-state index contributed by atoms with van der Waals surface area (Å²) in [5.74, 6) is 0. The van der Waals surface area contributed by atoms with Gasteiger partial charge in [-0.25, -0.2) is 0 Å². The topological polar surface area (TPSA) is 47.3 Å². The van der Waals surface area contributed by atoms with Gasteiger partial charge in [-0.15, -0.1) is 0 Å². The Kier molecular flexibility index (Phi) is 10.9. The van der Waals surface area contributed by atoms with E-state index in [0.29, 0.717) is 19.2 Å². The zero-order chi connectivity index (χ0) is 12.2. The SMILES string of the molecule is C=C(C)COCCNC(CN)CCCCC. The average molecular weight is 228 g/mol. The van der Waals surface area contributed by atoms with E-state index in [1.807, 2.05) is 6.92 Å². The van der Waals surface area contributed by atoms with E-state index in [2.05, 4.69) is 18.8 Å². The summed E-state index contributed by atoms with van der Waals surface area (Å²) in [5, 5.41) is 3.42. The van der Waals surface area contributed by atoms with Crippen LogP contribution in [0.15, 0.2) is 12.2 Å². The molecule has 0 spiro atoms. The summed E-state index contributed by atoms with van der Waals surface area (Å²) in [6.45, 7) is 11.0. The smallest absolute Gasteiger partial charge is 0.0672 e. The quantitative estimate of drug-likeness (QED) is 0.420. The molecule has 0 radical (unpaired) electrons. The van der Waals surface area contributed by atoms with Crippen molar-refractivity contribution < 1.29 is 4.74 Å². The van der Waals surface area contributed by atoms with Crippen molar-refractivity contribution in [2.45, 2.75) is 45.6 Å². The molecule has 1 unspecified atom stereocenters. The van der Waals surface area contributed by atoms with Crippen molar-refractivity contribution in [2.24, 2.45) is 5.73 Å². The highest BCUT2D eigenvalue weighted by atomic mass is 16.5. The van der Waals surface area contributed by atoms with Crippen LogP contribution in [0.25, 0.3) is 0 Å². The van der Waals surface area contributed by atoms with Crippen molar-refractivity contribution in [3.05, 3.63) is 12.2 Å². The Bertz CT molecular complexity index is 171. The first-order valence-electron chi connectivity index (χ1n) is 6.36. The summed E-state index contributed by atoms with van der Waals surface area (Å²) in [5.41, 5.74) is 6.77. The third-order valence-corrected chi connectivity index (χ3v) is 2.47. The fourth-order valence-electron chi connectivity index (χ4n) is 1.53. The van der Waals surface area contributed by atoms with Crippen LogP contribution in [0.2, 0.25) is 0 Å². The number of ether oxygens (including phenoxy) is 1. The molecule has 0 aromatic heterocycles. The lowest BCUT2D eigenvalue weighted by atomic mass is 10.1. The lowest BCUT2D eigenvalue weighted by Gasteiger charge is -2.16. The molecule has 0 fully saturated rings. The van der Waals surface area contributed by atoms with Crippen LogP contribution in [0.3, 0.4) is 0 Å². The van der Waals surface area contributed by atoms with Crippen molar-refractivity contribution in [1.29, 1.82) is 0 Å². The van der Waals surface area contributed by atoms with Crippen molar-refractivity contribution in [3.8, 4) is 0 Å². The maximum atomic E-state index is 5.70. The first-order valence-corrected chi connectivity index (χ1v) is 6.36. The van der Waals surface area contributed by atoms with Crippen LogP contribution < -0.4 is 11.1 Å². The predicted molar refractivity (Wildman–Crippen MR) is 70.6 cm³/mol. The summed E-state index contributed by atoms with van der Waals surface area (Å²) in [4.78, 5) is 0. The normalized spacial score (nSPS) is 12.7. The molecular formula is C13H28N2O. The van der Waals surface area contributed by atoms with E-state index in [4.69, 9.17) is 10.5 Å². The fourth-order valence-corrected chi connectivity index (χ4v) is 1.53. The van der Waals surface area contributed by atoms with Crippen molar-refractivity contribution in [1.82, 2.24) is 5.32 Å². The van der Waals surface area contributed by atoms with E-state index in [0.717, 1.165) is 18.7 Å². The standard InChI is InChI=1S/C13H28N2O/c1-4-5-6-7-13(10-14)15-8-9-16-11-12(2)3/h13,15H,2,4-11,14H2,1,3H3. The molecule has 16 heavy (non-hydrogen) atoms. The van der Waals surface area contributed by atoms with E-state index < -0.39 is 0 Å². The van der Waals surface area contributed by atoms with Crippen molar-refractivity contribution in [3.63, 3.8) is 0 Å². The second-order valence-electron chi connectivity index (χ2n) is 4.39. The first kappa shape index (κ1) is 15.6. The molecule has 0 rings (SSSR count). The van der Waals surface area contributed by atoms with E-state index in [-0.39, 0.29) is 0 Å². The van der Waals surface area contributed by atoms with Crippen molar-refractivity contribution >= 4 is 0 Å². The zero-order valence-electron chi connectivity index (χ0n) is 10.9. The highest BCUT2D eigenvalue weighted by Crippen LogP contribution is 2.02. The number of rotatable bonds is 11. The molecule has 3 nitrogen and oxygen atoms in total. The molecule has 0 saturated heterocycles. The number of hydrogen-bond donors (Lipinski definition) is 2. The zero-order valence-corrected chi connectivity index (χ0v) is 10.9. The average Bonchev–Trinajstić information content (AvgIpc) is 2.26. The first-order chi connectivity index (χ1) is 7.70. The third-order valence-electron chi connectivity index (χ3n) is 2.47. The largest absolute Gasteiger partial charge is 0.376 e. The molecule has 1 atom stereocenters. The highest BCUT2D eigenvalue weighted by Gasteiger charge is 2.04. The van der Waals surface area contributed by atoms with E-state index in [1.54, 1.807) is 0 Å². The van der Waals surface area contributed by atoms with Crippen LogP contribution in [-0.2, 0) is 4.74 Å². The van der Waals surface area contributed by atoms with Crippen LogP contribution >= 0.6 is 0 Å². The molecule has 0 aliphatic heterocycles. The molecule has 3 N–H and O–H groups in total. The van der Waals surface area contributed by atoms with Gasteiger partial charge in [0.2, 0.25) is 0 Å². The Balaban J connectivity index is 3.36. The molecule has 0 aliphatic rings. The molecule has 0 heterocycles. The molecular weight excluding hydrogens is 200 g/mol. The molecule has 0 aromatic carbocycles. The lowest BCUT2D eigenvalue weighted by molar-refractivity contribution is 0.155. The maximum absolute atomic E-state index is 5.70. The number of nitrogens with one attached hydrogen (secondary N) is 1. The van der Waals surface area contributed by atoms with Gasteiger partial charge in [-0.05, 0) is 13.3 Å². The molecule has 0 aromatic rings. The van der Waals surface area contributed by atoms with E-state index in [9.17, 15) is 0 Å². The van der Waals surface area contributed by atoms with Gasteiger partial charge in [0.15, 0.2) is 0 Å². The minimum Gasteiger partial charge on any atom is -0.376 e. The van der Waals surface area contributed by atoms with Gasteiger partial charge in [0.1, 0.15) is 0 Å². The van der Waals surface area contributed by atoms with Gasteiger partial charge in [-0.1, -0.05) is 38.3 Å². The third kappa shape index (κ3) is 10.1. The Morgan fingerprint density at radius 2 is 2.19 bits per heavy atom. The second kappa shape index (κ2) is 11.1. The van der Waals surface area contributed by atoms with Gasteiger partial charge in [0, 0.05) is 19.1 Å². The van der Waals surface area contributed by atoms with Crippen LogP contribution in [0.5, 0.6) is 0 Å². The second-order valence-corrected chi connectivity index (χ2v) is 4.39. The Morgan fingerprint density at radius 3 is 2.75 bits per heavy atom. The van der Waals surface area contributed by atoms with E-state index in [1.165, 1.54) is 25.7 Å². The number of unbranched alkanes of at least 4 members (excludes halogenated alkanes) is 2. The molecule has 0 bridgehead atoms. The summed E-state index contributed by atoms with van der Waals surface area (Å²) >= 11 is 0.